The molecule has 0 N–H and O–H groups in total. The fourth-order valence-electron chi connectivity index (χ4n) is 1.28. The van der Waals surface area contributed by atoms with E-state index in [0.29, 0.717) is 0 Å². The van der Waals surface area contributed by atoms with Gasteiger partial charge in [-0.05, 0) is 24.1 Å². The molecule has 68 valence electrons. The number of hydrogen-bond donors (Lipinski definition) is 0. The van der Waals surface area contributed by atoms with Crippen molar-refractivity contribution in [3.8, 4) is 0 Å². The van der Waals surface area contributed by atoms with Gasteiger partial charge in [0, 0.05) is 7.11 Å². The third-order valence-corrected chi connectivity index (χ3v) is 2.80. The lowest BCUT2D eigenvalue weighted by molar-refractivity contribution is 0.202. The Kier molecular flexibility index (Phi) is 2.57. The Balaban J connectivity index is 2.26. The first kappa shape index (κ1) is 8.66. The molecule has 0 spiro atoms. The average molecular weight is 193 g/mol. The fraction of sp³-hybridized carbons (Fsp3) is 0.300. The van der Waals surface area contributed by atoms with Gasteiger partial charge in [-0.15, -0.1) is 11.3 Å². The Morgan fingerprint density at radius 1 is 1.46 bits per heavy atom. The minimum absolute atomic E-state index is 0.773. The third-order valence-electron chi connectivity index (χ3n) is 1.99. The quantitative estimate of drug-likeness (QED) is 0.747. The summed E-state index contributed by atoms with van der Waals surface area (Å²) in [5, 5.41) is 0. The molecule has 1 aromatic carbocycles. The van der Waals surface area contributed by atoms with Crippen LogP contribution in [0.5, 0.6) is 0 Å². The molecule has 0 atom stereocenters. The topological polar surface area (TPSA) is 22.1 Å². The van der Waals surface area contributed by atoms with Crippen molar-refractivity contribution >= 4 is 21.6 Å². The summed E-state index contributed by atoms with van der Waals surface area (Å²) in [5.41, 5.74) is 4.27. The highest BCUT2D eigenvalue weighted by atomic mass is 32.1. The van der Waals surface area contributed by atoms with Crippen molar-refractivity contribution in [1.29, 1.82) is 0 Å². The van der Waals surface area contributed by atoms with Crippen LogP contribution in [0.1, 0.15) is 5.56 Å². The van der Waals surface area contributed by atoms with Gasteiger partial charge in [-0.25, -0.2) is 4.98 Å². The first-order valence-electron chi connectivity index (χ1n) is 4.21. The SMILES string of the molecule is COCCc1ccc2scnc2c1. The summed E-state index contributed by atoms with van der Waals surface area (Å²) in [6, 6.07) is 6.39. The van der Waals surface area contributed by atoms with Gasteiger partial charge in [-0.2, -0.15) is 0 Å². The highest BCUT2D eigenvalue weighted by molar-refractivity contribution is 7.16. The molecule has 0 amide bonds. The molecule has 0 aliphatic heterocycles. The van der Waals surface area contributed by atoms with E-state index < -0.39 is 0 Å². The van der Waals surface area contributed by atoms with E-state index in [1.165, 1.54) is 10.3 Å². The number of fused-ring (bicyclic) bond motifs is 1. The van der Waals surface area contributed by atoms with Crippen LogP contribution in [0.15, 0.2) is 23.7 Å². The molecule has 13 heavy (non-hydrogen) atoms. The highest BCUT2D eigenvalue weighted by Gasteiger charge is 1.98. The molecule has 0 aliphatic rings. The summed E-state index contributed by atoms with van der Waals surface area (Å²) >= 11 is 1.68. The van der Waals surface area contributed by atoms with Crippen molar-refractivity contribution in [3.05, 3.63) is 29.3 Å². The zero-order valence-electron chi connectivity index (χ0n) is 7.49. The predicted octanol–water partition coefficient (Wildman–Crippen LogP) is 2.49. The van der Waals surface area contributed by atoms with Crippen LogP contribution in [-0.2, 0) is 11.2 Å². The van der Waals surface area contributed by atoms with Gasteiger partial charge in [0.15, 0.2) is 0 Å². The first-order chi connectivity index (χ1) is 6.40. The van der Waals surface area contributed by atoms with Crippen LogP contribution in [0.4, 0.5) is 0 Å². The number of ether oxygens (including phenoxy) is 1. The van der Waals surface area contributed by atoms with Gasteiger partial charge in [-0.3, -0.25) is 0 Å². The summed E-state index contributed by atoms with van der Waals surface area (Å²) in [7, 11) is 1.72. The van der Waals surface area contributed by atoms with Crippen LogP contribution in [0.25, 0.3) is 10.2 Å². The number of rotatable bonds is 3. The molecule has 3 heteroatoms. The van der Waals surface area contributed by atoms with Gasteiger partial charge in [0.1, 0.15) is 0 Å². The number of aromatic nitrogens is 1. The molecule has 0 aliphatic carbocycles. The summed E-state index contributed by atoms with van der Waals surface area (Å²) < 4.78 is 6.27. The maximum atomic E-state index is 5.02. The van der Waals surface area contributed by atoms with E-state index in [2.05, 4.69) is 23.2 Å². The molecule has 0 saturated heterocycles. The normalized spacial score (nSPS) is 10.8. The van der Waals surface area contributed by atoms with Crippen molar-refractivity contribution in [2.75, 3.05) is 13.7 Å². The van der Waals surface area contributed by atoms with Gasteiger partial charge in [0.25, 0.3) is 0 Å². The number of hydrogen-bond acceptors (Lipinski definition) is 3. The molecule has 0 saturated carbocycles. The second kappa shape index (κ2) is 3.85. The van der Waals surface area contributed by atoms with Gasteiger partial charge in [0.2, 0.25) is 0 Å². The average Bonchev–Trinajstić information content (AvgIpc) is 2.61. The number of thiazole rings is 1. The van der Waals surface area contributed by atoms with Gasteiger partial charge >= 0.3 is 0 Å². The van der Waals surface area contributed by atoms with E-state index in [9.17, 15) is 0 Å². The van der Waals surface area contributed by atoms with Crippen LogP contribution < -0.4 is 0 Å². The van der Waals surface area contributed by atoms with Gasteiger partial charge in [-0.1, -0.05) is 6.07 Å². The van der Waals surface area contributed by atoms with Crippen molar-refractivity contribution in [2.45, 2.75) is 6.42 Å². The zero-order valence-corrected chi connectivity index (χ0v) is 8.30. The van der Waals surface area contributed by atoms with Crippen LogP contribution in [0.2, 0.25) is 0 Å². The van der Waals surface area contributed by atoms with E-state index in [1.54, 1.807) is 18.4 Å². The number of methoxy groups -OCH3 is 1. The van der Waals surface area contributed by atoms with Gasteiger partial charge < -0.3 is 4.74 Å². The zero-order chi connectivity index (χ0) is 9.10. The molecule has 0 fully saturated rings. The molecule has 1 heterocycles. The lowest BCUT2D eigenvalue weighted by Gasteiger charge is -1.99. The molecule has 0 unspecified atom stereocenters. The Hall–Kier alpha value is -0.930. The Morgan fingerprint density at radius 3 is 3.23 bits per heavy atom. The van der Waals surface area contributed by atoms with E-state index in [0.717, 1.165) is 18.5 Å². The Bertz CT molecular complexity index is 396. The fourth-order valence-corrected chi connectivity index (χ4v) is 1.94. The van der Waals surface area contributed by atoms with Crippen LogP contribution in [0.3, 0.4) is 0 Å². The molecule has 2 nitrogen and oxygen atoms in total. The number of nitrogens with zero attached hydrogens (tertiary/aromatic N) is 1. The van der Waals surface area contributed by atoms with E-state index in [1.807, 2.05) is 5.51 Å². The number of benzene rings is 1. The Morgan fingerprint density at radius 2 is 2.38 bits per heavy atom. The molecular formula is C10H11NOS. The van der Waals surface area contributed by atoms with Gasteiger partial charge in [0.05, 0.1) is 22.3 Å². The van der Waals surface area contributed by atoms with Crippen LogP contribution >= 0.6 is 11.3 Å². The molecular weight excluding hydrogens is 182 g/mol. The maximum Gasteiger partial charge on any atom is 0.0814 e. The van der Waals surface area contributed by atoms with E-state index >= 15 is 0 Å². The standard InChI is InChI=1S/C10H11NOS/c1-12-5-4-8-2-3-10-9(6-8)11-7-13-10/h2-3,6-7H,4-5H2,1H3. The third kappa shape index (κ3) is 1.87. The van der Waals surface area contributed by atoms with Crippen LogP contribution in [0, 0.1) is 0 Å². The van der Waals surface area contributed by atoms with Crippen molar-refractivity contribution < 1.29 is 4.74 Å². The van der Waals surface area contributed by atoms with Crippen molar-refractivity contribution in [1.82, 2.24) is 4.98 Å². The minimum atomic E-state index is 0.773. The van der Waals surface area contributed by atoms with Crippen molar-refractivity contribution in [3.63, 3.8) is 0 Å². The maximum absolute atomic E-state index is 5.02. The lowest BCUT2D eigenvalue weighted by atomic mass is 10.1. The summed E-state index contributed by atoms with van der Waals surface area (Å²) in [4.78, 5) is 4.27. The molecule has 2 rings (SSSR count). The highest BCUT2D eigenvalue weighted by Crippen LogP contribution is 2.18. The summed E-state index contributed by atoms with van der Waals surface area (Å²) in [6.45, 7) is 0.773. The second-order valence-electron chi connectivity index (χ2n) is 2.90. The molecule has 1 aromatic heterocycles. The lowest BCUT2D eigenvalue weighted by Crippen LogP contribution is -1.93. The van der Waals surface area contributed by atoms with E-state index in [4.69, 9.17) is 4.74 Å². The molecule has 0 bridgehead atoms. The largest absolute Gasteiger partial charge is 0.384 e. The van der Waals surface area contributed by atoms with Crippen molar-refractivity contribution in [2.24, 2.45) is 0 Å². The minimum Gasteiger partial charge on any atom is -0.384 e. The molecule has 2 aromatic rings. The van der Waals surface area contributed by atoms with E-state index in [-0.39, 0.29) is 0 Å². The predicted molar refractivity (Wildman–Crippen MR) is 55.2 cm³/mol. The Labute approximate surface area is 81.2 Å². The monoisotopic (exact) mass is 193 g/mol. The first-order valence-corrected chi connectivity index (χ1v) is 5.09. The summed E-state index contributed by atoms with van der Waals surface area (Å²) in [5.74, 6) is 0. The molecule has 0 radical (unpaired) electrons. The smallest absolute Gasteiger partial charge is 0.0814 e. The summed E-state index contributed by atoms with van der Waals surface area (Å²) in [6.07, 6.45) is 0.962. The second-order valence-corrected chi connectivity index (χ2v) is 3.78. The van der Waals surface area contributed by atoms with Crippen LogP contribution in [-0.4, -0.2) is 18.7 Å².